The molecule has 1 amide bonds. The van der Waals surface area contributed by atoms with Gasteiger partial charge in [0.05, 0.1) is 23.0 Å². The molecule has 0 unspecified atom stereocenters. The number of aromatic nitrogens is 2. The second-order valence-corrected chi connectivity index (χ2v) is 11.5. The Morgan fingerprint density at radius 1 is 0.972 bits per heavy atom. The number of ether oxygens (including phenoxy) is 1. The third-order valence-electron chi connectivity index (χ3n) is 6.88. The maximum atomic E-state index is 13.3. The maximum absolute atomic E-state index is 13.3. The second-order valence-electron chi connectivity index (χ2n) is 11.5. The van der Waals surface area contributed by atoms with Crippen LogP contribution in [-0.4, -0.2) is 38.4 Å². The van der Waals surface area contributed by atoms with Crippen LogP contribution in [0.1, 0.15) is 77.2 Å². The van der Waals surface area contributed by atoms with Gasteiger partial charge in [0, 0.05) is 30.4 Å². The lowest BCUT2D eigenvalue weighted by molar-refractivity contribution is -0.101. The molecule has 1 fully saturated rings. The highest BCUT2D eigenvalue weighted by Crippen LogP contribution is 2.42. The lowest BCUT2D eigenvalue weighted by atomic mass is 9.80. The van der Waals surface area contributed by atoms with Crippen LogP contribution in [0.5, 0.6) is 0 Å². The highest BCUT2D eigenvalue weighted by molar-refractivity contribution is 5.70. The van der Waals surface area contributed by atoms with Gasteiger partial charge in [0.2, 0.25) is 0 Å². The summed E-state index contributed by atoms with van der Waals surface area (Å²) in [6.45, 7) is 12.4. The highest BCUT2D eigenvalue weighted by atomic mass is 16.6. The van der Waals surface area contributed by atoms with Gasteiger partial charge in [-0.1, -0.05) is 75.4 Å². The molecular formula is C30H37N3O3. The zero-order valence-electron chi connectivity index (χ0n) is 22.2. The lowest BCUT2D eigenvalue weighted by Gasteiger charge is -2.45. The summed E-state index contributed by atoms with van der Waals surface area (Å²) in [6, 6.07) is 21.7. The molecule has 0 radical (unpaired) electrons. The molecule has 6 nitrogen and oxygen atoms in total. The molecule has 36 heavy (non-hydrogen) atoms. The summed E-state index contributed by atoms with van der Waals surface area (Å²) in [4.78, 5) is 15.1. The fraction of sp³-hybridized carbons (Fsp3) is 0.433. The van der Waals surface area contributed by atoms with Crippen molar-refractivity contribution in [2.75, 3.05) is 6.54 Å². The number of benzene rings is 2. The van der Waals surface area contributed by atoms with Crippen LogP contribution < -0.4 is 0 Å². The molecule has 1 saturated heterocycles. The fourth-order valence-corrected chi connectivity index (χ4v) is 4.89. The maximum Gasteiger partial charge on any atom is 0.411 e. The molecule has 1 N–H and O–H groups in total. The first kappa shape index (κ1) is 25.8. The van der Waals surface area contributed by atoms with Gasteiger partial charge in [-0.05, 0) is 44.0 Å². The Balaban J connectivity index is 1.50. The Labute approximate surface area is 214 Å². The van der Waals surface area contributed by atoms with E-state index in [9.17, 15) is 9.90 Å². The van der Waals surface area contributed by atoms with E-state index in [0.29, 0.717) is 19.4 Å². The summed E-state index contributed by atoms with van der Waals surface area (Å²) in [5.41, 5.74) is 2.81. The molecule has 3 aromatic rings. The van der Waals surface area contributed by atoms with Crippen molar-refractivity contribution in [1.29, 1.82) is 0 Å². The van der Waals surface area contributed by atoms with Gasteiger partial charge in [0.15, 0.2) is 0 Å². The lowest BCUT2D eigenvalue weighted by Crippen LogP contribution is -2.51. The Morgan fingerprint density at radius 3 is 2.17 bits per heavy atom. The Bertz CT molecular complexity index is 1180. The van der Waals surface area contributed by atoms with E-state index in [4.69, 9.17) is 4.74 Å². The molecule has 0 saturated carbocycles. The van der Waals surface area contributed by atoms with Gasteiger partial charge < -0.3 is 14.7 Å². The standard InChI is InChI=1S/C30H37N3O3/c1-21(22-12-14-23(15-13-22)25-16-17-26(32-31-25)28(2,3)4)33-19-18-30(36-27(33)34,20-29(5,6)35)24-10-8-7-9-11-24/h7-17,21,35H,18-20H2,1-6H3/t21-,30-/m0/s1. The SMILES string of the molecule is C[C@@H](c1ccc(-c2ccc(C(C)(C)C)nn2)cc1)N1CC[C@](CC(C)(C)O)(c2ccccc2)OC1=O. The van der Waals surface area contributed by atoms with E-state index in [1.54, 1.807) is 18.7 Å². The van der Waals surface area contributed by atoms with Crippen molar-refractivity contribution in [1.82, 2.24) is 15.1 Å². The summed E-state index contributed by atoms with van der Waals surface area (Å²) in [6.07, 6.45) is 0.571. The smallest absolute Gasteiger partial charge is 0.411 e. The van der Waals surface area contributed by atoms with Crippen molar-refractivity contribution in [2.45, 2.75) is 77.0 Å². The van der Waals surface area contributed by atoms with Crippen LogP contribution in [0.2, 0.25) is 0 Å². The van der Waals surface area contributed by atoms with E-state index in [2.05, 4.69) is 31.0 Å². The predicted octanol–water partition coefficient (Wildman–Crippen LogP) is 6.40. The van der Waals surface area contributed by atoms with Crippen molar-refractivity contribution in [3.63, 3.8) is 0 Å². The number of hydrogen-bond donors (Lipinski definition) is 1. The van der Waals surface area contributed by atoms with Gasteiger partial charge in [0.25, 0.3) is 0 Å². The Kier molecular flexibility index (Phi) is 6.93. The zero-order chi connectivity index (χ0) is 26.1. The Morgan fingerprint density at radius 2 is 1.64 bits per heavy atom. The van der Waals surface area contributed by atoms with Gasteiger partial charge in [-0.2, -0.15) is 10.2 Å². The molecule has 2 aromatic carbocycles. The van der Waals surface area contributed by atoms with E-state index < -0.39 is 11.2 Å². The number of nitrogens with zero attached hydrogens (tertiary/aromatic N) is 3. The number of aliphatic hydroxyl groups is 1. The fourth-order valence-electron chi connectivity index (χ4n) is 4.89. The third-order valence-corrected chi connectivity index (χ3v) is 6.88. The molecular weight excluding hydrogens is 450 g/mol. The molecule has 1 aromatic heterocycles. The van der Waals surface area contributed by atoms with Gasteiger partial charge in [-0.3, -0.25) is 0 Å². The predicted molar refractivity (Wildman–Crippen MR) is 141 cm³/mol. The second kappa shape index (κ2) is 9.66. The van der Waals surface area contributed by atoms with Crippen LogP contribution >= 0.6 is 0 Å². The van der Waals surface area contributed by atoms with Crippen molar-refractivity contribution < 1.29 is 14.6 Å². The number of cyclic esters (lactones) is 1. The summed E-state index contributed by atoms with van der Waals surface area (Å²) >= 11 is 0. The minimum atomic E-state index is -0.978. The molecule has 2 heterocycles. The molecule has 0 bridgehead atoms. The number of carbonyl (C=O) groups excluding carboxylic acids is 1. The first-order valence-corrected chi connectivity index (χ1v) is 12.6. The summed E-state index contributed by atoms with van der Waals surface area (Å²) in [5, 5.41) is 19.4. The normalized spacial score (nSPS) is 19.6. The van der Waals surface area contributed by atoms with Crippen LogP contribution in [0.3, 0.4) is 0 Å². The van der Waals surface area contributed by atoms with E-state index in [0.717, 1.165) is 28.1 Å². The largest absolute Gasteiger partial charge is 0.438 e. The molecule has 1 aliphatic rings. The topological polar surface area (TPSA) is 75.6 Å². The third kappa shape index (κ3) is 5.59. The quantitative estimate of drug-likeness (QED) is 0.435. The molecule has 2 atom stereocenters. The molecule has 1 aliphatic heterocycles. The van der Waals surface area contributed by atoms with Crippen LogP contribution in [-0.2, 0) is 15.8 Å². The molecule has 4 rings (SSSR count). The minimum Gasteiger partial charge on any atom is -0.438 e. The Hall–Kier alpha value is -3.25. The average molecular weight is 488 g/mol. The summed E-state index contributed by atoms with van der Waals surface area (Å²) in [7, 11) is 0. The average Bonchev–Trinajstić information content (AvgIpc) is 2.83. The van der Waals surface area contributed by atoms with Crippen LogP contribution in [0.4, 0.5) is 4.79 Å². The zero-order valence-corrected chi connectivity index (χ0v) is 22.2. The summed E-state index contributed by atoms with van der Waals surface area (Å²) in [5.74, 6) is 0. The van der Waals surface area contributed by atoms with Crippen LogP contribution in [0.25, 0.3) is 11.3 Å². The first-order chi connectivity index (χ1) is 16.9. The van der Waals surface area contributed by atoms with Gasteiger partial charge in [0.1, 0.15) is 5.60 Å². The highest BCUT2D eigenvalue weighted by Gasteiger charge is 2.46. The van der Waals surface area contributed by atoms with E-state index in [1.165, 1.54) is 0 Å². The molecule has 190 valence electrons. The van der Waals surface area contributed by atoms with Gasteiger partial charge in [-0.15, -0.1) is 0 Å². The minimum absolute atomic E-state index is 0.0428. The van der Waals surface area contributed by atoms with Crippen molar-refractivity contribution in [3.05, 3.63) is 83.6 Å². The molecule has 6 heteroatoms. The number of carbonyl (C=O) groups is 1. The number of hydrogen-bond acceptors (Lipinski definition) is 5. The van der Waals surface area contributed by atoms with Gasteiger partial charge >= 0.3 is 6.09 Å². The molecule has 0 spiro atoms. The summed E-state index contributed by atoms with van der Waals surface area (Å²) < 4.78 is 6.13. The van der Waals surface area contributed by atoms with Gasteiger partial charge in [-0.25, -0.2) is 4.79 Å². The van der Waals surface area contributed by atoms with Crippen molar-refractivity contribution in [3.8, 4) is 11.3 Å². The van der Waals surface area contributed by atoms with E-state index in [1.807, 2.05) is 73.7 Å². The molecule has 0 aliphatic carbocycles. The van der Waals surface area contributed by atoms with Crippen LogP contribution in [0.15, 0.2) is 66.7 Å². The number of amides is 1. The van der Waals surface area contributed by atoms with E-state index >= 15 is 0 Å². The van der Waals surface area contributed by atoms with Crippen LogP contribution in [0, 0.1) is 0 Å². The van der Waals surface area contributed by atoms with Crippen molar-refractivity contribution >= 4 is 6.09 Å². The van der Waals surface area contributed by atoms with Crippen molar-refractivity contribution in [2.24, 2.45) is 0 Å². The monoisotopic (exact) mass is 487 g/mol. The van der Waals surface area contributed by atoms with E-state index in [-0.39, 0.29) is 17.6 Å². The first-order valence-electron chi connectivity index (χ1n) is 12.6. The number of rotatable bonds is 6.